The second kappa shape index (κ2) is 8.60. The Bertz CT molecular complexity index is 1030. The van der Waals surface area contributed by atoms with Crippen LogP contribution in [0.3, 0.4) is 0 Å². The number of anilines is 1. The lowest BCUT2D eigenvalue weighted by molar-refractivity contribution is -0.139. The zero-order valence-electron chi connectivity index (χ0n) is 13.8. The maximum Gasteiger partial charge on any atom is 0.341 e. The Kier molecular flexibility index (Phi) is 6.39. The molecule has 0 saturated carbocycles. The molecule has 0 spiro atoms. The summed E-state index contributed by atoms with van der Waals surface area (Å²) in [7, 11) is 0. The van der Waals surface area contributed by atoms with E-state index >= 15 is 0 Å². The van der Waals surface area contributed by atoms with Crippen LogP contribution in [0.4, 0.5) is 10.1 Å². The number of benzene rings is 2. The van der Waals surface area contributed by atoms with Crippen LogP contribution in [-0.4, -0.2) is 27.9 Å². The van der Waals surface area contributed by atoms with Gasteiger partial charge in [-0.15, -0.1) is 0 Å². The number of amides is 1. The maximum absolute atomic E-state index is 13.4. The quantitative estimate of drug-likeness (QED) is 0.453. The molecule has 28 heavy (non-hydrogen) atoms. The van der Waals surface area contributed by atoms with Crippen molar-refractivity contribution in [2.75, 3.05) is 11.5 Å². The second-order valence-electron chi connectivity index (χ2n) is 5.48. The number of nitrogens with zero attached hydrogens (tertiary/aromatic N) is 1. The van der Waals surface area contributed by atoms with Gasteiger partial charge in [-0.05, 0) is 42.5 Å². The Balaban J connectivity index is 1.94. The van der Waals surface area contributed by atoms with E-state index in [0.717, 1.165) is 22.3 Å². The lowest BCUT2D eigenvalue weighted by Crippen LogP contribution is -2.27. The molecule has 1 aliphatic rings. The maximum atomic E-state index is 13.4. The lowest BCUT2D eigenvalue weighted by Gasteiger charge is -2.14. The van der Waals surface area contributed by atoms with Gasteiger partial charge in [-0.2, -0.15) is 0 Å². The number of ether oxygens (including phenoxy) is 1. The molecular formula is C18H10BrClFNO4S2. The van der Waals surface area contributed by atoms with Gasteiger partial charge in [-0.25, -0.2) is 9.18 Å². The number of thioether (sulfide) groups is 1. The zero-order chi connectivity index (χ0) is 20.4. The molecule has 1 amide bonds. The summed E-state index contributed by atoms with van der Waals surface area (Å²) in [5.74, 6) is -1.81. The van der Waals surface area contributed by atoms with E-state index in [4.69, 9.17) is 33.7 Å². The van der Waals surface area contributed by atoms with Gasteiger partial charge in [0.05, 0.1) is 15.6 Å². The molecule has 0 unspecified atom stereocenters. The minimum Gasteiger partial charge on any atom is -0.481 e. The molecule has 1 heterocycles. The van der Waals surface area contributed by atoms with Gasteiger partial charge in [0, 0.05) is 10.0 Å². The van der Waals surface area contributed by atoms with Crippen molar-refractivity contribution >= 4 is 79.5 Å². The summed E-state index contributed by atoms with van der Waals surface area (Å²) < 4.78 is 19.7. The first-order valence-corrected chi connectivity index (χ1v) is 10.0. The second-order valence-corrected chi connectivity index (χ2v) is 8.48. The molecule has 1 saturated heterocycles. The molecule has 5 nitrogen and oxygen atoms in total. The smallest absolute Gasteiger partial charge is 0.341 e. The fourth-order valence-electron chi connectivity index (χ4n) is 2.36. The predicted molar refractivity (Wildman–Crippen MR) is 114 cm³/mol. The van der Waals surface area contributed by atoms with Crippen molar-refractivity contribution in [3.63, 3.8) is 0 Å². The molecule has 0 aromatic heterocycles. The first-order chi connectivity index (χ1) is 13.3. The number of hydrogen-bond donors (Lipinski definition) is 1. The van der Waals surface area contributed by atoms with Crippen LogP contribution in [0, 0.1) is 5.82 Å². The standard InChI is InChI=1S/C18H10BrClFNO4S2/c19-10-1-4-14(26-8-16(23)24)9(5-10)6-15-17(25)22(18(27)28-15)11-2-3-13(21)12(20)7-11/h1-7H,8H2,(H,23,24)/b15-6+. The third kappa shape index (κ3) is 4.54. The molecule has 10 heteroatoms. The first-order valence-electron chi connectivity index (χ1n) is 7.63. The molecule has 3 rings (SSSR count). The number of carbonyl (C=O) groups is 2. The summed E-state index contributed by atoms with van der Waals surface area (Å²) in [6.07, 6.45) is 1.56. The molecule has 144 valence electrons. The molecular weight excluding hydrogens is 493 g/mol. The summed E-state index contributed by atoms with van der Waals surface area (Å²) in [6.45, 7) is -0.516. The predicted octanol–water partition coefficient (Wildman–Crippen LogP) is 5.11. The van der Waals surface area contributed by atoms with E-state index in [-0.39, 0.29) is 9.34 Å². The van der Waals surface area contributed by atoms with Gasteiger partial charge >= 0.3 is 5.97 Å². The van der Waals surface area contributed by atoms with Crippen molar-refractivity contribution in [1.29, 1.82) is 0 Å². The molecule has 2 aromatic carbocycles. The SMILES string of the molecule is O=C(O)COc1ccc(Br)cc1/C=C1/SC(=S)N(c2ccc(F)c(Cl)c2)C1=O. The van der Waals surface area contributed by atoms with Gasteiger partial charge in [-0.1, -0.05) is 51.5 Å². The number of halogens is 3. The molecule has 1 aliphatic heterocycles. The fraction of sp³-hybridized carbons (Fsp3) is 0.0556. The van der Waals surface area contributed by atoms with Crippen molar-refractivity contribution < 1.29 is 23.8 Å². The van der Waals surface area contributed by atoms with Crippen LogP contribution in [0.25, 0.3) is 6.08 Å². The van der Waals surface area contributed by atoms with E-state index < -0.39 is 24.3 Å². The molecule has 0 atom stereocenters. The average molecular weight is 503 g/mol. The molecule has 0 radical (unpaired) electrons. The molecule has 0 aliphatic carbocycles. The van der Waals surface area contributed by atoms with Gasteiger partial charge in [0.1, 0.15) is 11.6 Å². The minimum absolute atomic E-state index is 0.119. The van der Waals surface area contributed by atoms with Gasteiger partial charge in [0.2, 0.25) is 0 Å². The van der Waals surface area contributed by atoms with Crippen LogP contribution in [-0.2, 0) is 9.59 Å². The molecule has 1 fully saturated rings. The number of carboxylic acids is 1. The van der Waals surface area contributed by atoms with Gasteiger partial charge < -0.3 is 9.84 Å². The van der Waals surface area contributed by atoms with Crippen LogP contribution in [0.1, 0.15) is 5.56 Å². The number of hydrogen-bond acceptors (Lipinski definition) is 5. The Morgan fingerprint density at radius 3 is 2.79 bits per heavy atom. The van der Waals surface area contributed by atoms with Crippen LogP contribution < -0.4 is 9.64 Å². The number of rotatable bonds is 5. The highest BCUT2D eigenvalue weighted by Gasteiger charge is 2.33. The summed E-state index contributed by atoms with van der Waals surface area (Å²) in [4.78, 5) is 25.2. The fourth-order valence-corrected chi connectivity index (χ4v) is 4.20. The van der Waals surface area contributed by atoms with E-state index in [9.17, 15) is 14.0 Å². The number of carboxylic acid groups (broad SMARTS) is 1. The topological polar surface area (TPSA) is 66.8 Å². The van der Waals surface area contributed by atoms with Gasteiger partial charge in [0.15, 0.2) is 10.9 Å². The normalized spacial score (nSPS) is 15.4. The summed E-state index contributed by atoms with van der Waals surface area (Å²) in [6, 6.07) is 8.88. The number of aliphatic carboxylic acids is 1. The summed E-state index contributed by atoms with van der Waals surface area (Å²) in [5, 5.41) is 8.70. The Labute approximate surface area is 182 Å². The third-order valence-corrected chi connectivity index (χ3v) is 5.65. The van der Waals surface area contributed by atoms with E-state index in [2.05, 4.69) is 15.9 Å². The molecule has 1 N–H and O–H groups in total. The lowest BCUT2D eigenvalue weighted by atomic mass is 10.2. The van der Waals surface area contributed by atoms with Crippen molar-refractivity contribution in [1.82, 2.24) is 0 Å². The largest absolute Gasteiger partial charge is 0.481 e. The highest BCUT2D eigenvalue weighted by Crippen LogP contribution is 2.38. The number of carbonyl (C=O) groups excluding carboxylic acids is 1. The van der Waals surface area contributed by atoms with Gasteiger partial charge in [-0.3, -0.25) is 9.69 Å². The van der Waals surface area contributed by atoms with E-state index in [1.165, 1.54) is 17.0 Å². The van der Waals surface area contributed by atoms with E-state index in [0.29, 0.717) is 21.9 Å². The molecule has 0 bridgehead atoms. The Morgan fingerprint density at radius 2 is 2.11 bits per heavy atom. The van der Waals surface area contributed by atoms with Crippen LogP contribution in [0.15, 0.2) is 45.8 Å². The minimum atomic E-state index is -1.12. The first kappa shape index (κ1) is 20.8. The monoisotopic (exact) mass is 501 g/mol. The van der Waals surface area contributed by atoms with E-state index in [1.54, 1.807) is 24.3 Å². The zero-order valence-corrected chi connectivity index (χ0v) is 17.8. The third-order valence-electron chi connectivity index (χ3n) is 3.56. The van der Waals surface area contributed by atoms with Crippen LogP contribution in [0.2, 0.25) is 5.02 Å². The van der Waals surface area contributed by atoms with Crippen molar-refractivity contribution in [2.24, 2.45) is 0 Å². The average Bonchev–Trinajstić information content (AvgIpc) is 2.90. The highest BCUT2D eigenvalue weighted by atomic mass is 79.9. The Hall–Kier alpha value is -1.94. The Morgan fingerprint density at radius 1 is 1.36 bits per heavy atom. The summed E-state index contributed by atoms with van der Waals surface area (Å²) in [5.41, 5.74) is 0.863. The van der Waals surface area contributed by atoms with Crippen molar-refractivity contribution in [3.05, 3.63) is 62.2 Å². The summed E-state index contributed by atoms with van der Waals surface area (Å²) >= 11 is 15.5. The van der Waals surface area contributed by atoms with Crippen molar-refractivity contribution in [3.8, 4) is 5.75 Å². The van der Waals surface area contributed by atoms with Gasteiger partial charge in [0.25, 0.3) is 5.91 Å². The van der Waals surface area contributed by atoms with Crippen molar-refractivity contribution in [2.45, 2.75) is 0 Å². The number of thiocarbonyl (C=S) groups is 1. The van der Waals surface area contributed by atoms with Crippen LogP contribution >= 0.6 is 51.5 Å². The molecule has 2 aromatic rings. The van der Waals surface area contributed by atoms with Crippen LogP contribution in [0.5, 0.6) is 5.75 Å². The highest BCUT2D eigenvalue weighted by molar-refractivity contribution is 9.10. The van der Waals surface area contributed by atoms with E-state index in [1.807, 2.05) is 0 Å².